The molecule has 0 bridgehead atoms. The Labute approximate surface area is 224 Å². The number of carbonyl (C=O) groups excluding carboxylic acids is 2. The van der Waals surface area contributed by atoms with Crippen molar-refractivity contribution in [2.45, 2.75) is 20.3 Å². The van der Waals surface area contributed by atoms with E-state index < -0.39 is 11.9 Å². The molecule has 0 atom stereocenters. The van der Waals surface area contributed by atoms with Crippen molar-refractivity contribution in [2.75, 3.05) is 26.4 Å². The van der Waals surface area contributed by atoms with Gasteiger partial charge in [0.15, 0.2) is 11.5 Å². The molecule has 2 aromatic carbocycles. The van der Waals surface area contributed by atoms with Gasteiger partial charge in [-0.3, -0.25) is 0 Å². The molecule has 0 spiro atoms. The molecule has 2 aromatic rings. The summed E-state index contributed by atoms with van der Waals surface area (Å²) < 4.78 is 21.1. The van der Waals surface area contributed by atoms with Crippen LogP contribution in [0, 0.1) is 0 Å². The summed E-state index contributed by atoms with van der Waals surface area (Å²) in [5.74, 6) is -0.423. The Morgan fingerprint density at radius 2 is 0.971 bits per heavy atom. The molecule has 0 N–H and O–H groups in total. The zero-order chi connectivity index (χ0) is 26.1. The molecule has 0 radical (unpaired) electrons. The Bertz CT molecular complexity index is 995. The second kappa shape index (κ2) is 13.6. The predicted octanol–water partition coefficient (Wildman–Crippen LogP) is 6.89. The minimum absolute atomic E-state index is 0.0296. The molecular formula is C25H24Cl4O6. The highest BCUT2D eigenvalue weighted by atomic mass is 35.5. The van der Waals surface area contributed by atoms with Gasteiger partial charge in [0.1, 0.15) is 26.4 Å². The molecule has 0 aliphatic heterocycles. The van der Waals surface area contributed by atoms with Crippen LogP contribution in [0.1, 0.15) is 25.0 Å². The molecule has 188 valence electrons. The van der Waals surface area contributed by atoms with Crippen LogP contribution in [0.25, 0.3) is 0 Å². The topological polar surface area (TPSA) is 71.1 Å². The number of halogens is 4. The molecule has 0 saturated carbocycles. The van der Waals surface area contributed by atoms with E-state index in [1.807, 2.05) is 0 Å². The maximum Gasteiger partial charge on any atom is 0.333 e. The van der Waals surface area contributed by atoms with Crippen LogP contribution < -0.4 is 9.47 Å². The van der Waals surface area contributed by atoms with E-state index >= 15 is 0 Å². The summed E-state index contributed by atoms with van der Waals surface area (Å²) in [5, 5.41) is 1.22. The van der Waals surface area contributed by atoms with Gasteiger partial charge in [0.05, 0.1) is 20.1 Å². The number of rotatable bonds is 12. The lowest BCUT2D eigenvalue weighted by molar-refractivity contribution is -0.140. The summed E-state index contributed by atoms with van der Waals surface area (Å²) in [6, 6.07) is 6.85. The number of carbonyl (C=O) groups is 2. The van der Waals surface area contributed by atoms with Crippen molar-refractivity contribution in [3.8, 4) is 11.5 Å². The average Bonchev–Trinajstić information content (AvgIpc) is 2.76. The van der Waals surface area contributed by atoms with Gasteiger partial charge in [-0.25, -0.2) is 9.59 Å². The first-order valence-electron chi connectivity index (χ1n) is 10.4. The molecule has 0 heterocycles. The van der Waals surface area contributed by atoms with Gasteiger partial charge in [-0.15, -0.1) is 0 Å². The molecule has 0 aliphatic rings. The number of esters is 2. The molecule has 35 heavy (non-hydrogen) atoms. The molecule has 0 unspecified atom stereocenters. The highest BCUT2D eigenvalue weighted by molar-refractivity contribution is 6.38. The van der Waals surface area contributed by atoms with E-state index in [1.165, 1.54) is 0 Å². The Morgan fingerprint density at radius 1 is 0.657 bits per heavy atom. The zero-order valence-corrected chi connectivity index (χ0v) is 22.2. The molecule has 0 aromatic heterocycles. The highest BCUT2D eigenvalue weighted by Gasteiger charge is 2.14. The Kier molecular flexibility index (Phi) is 11.2. The summed E-state index contributed by atoms with van der Waals surface area (Å²) in [7, 11) is 0. The van der Waals surface area contributed by atoms with Crippen LogP contribution in [0.2, 0.25) is 20.1 Å². The third kappa shape index (κ3) is 8.97. The van der Waals surface area contributed by atoms with Crippen LogP contribution in [0.15, 0.2) is 48.6 Å². The van der Waals surface area contributed by atoms with Crippen molar-refractivity contribution in [3.05, 3.63) is 79.8 Å². The van der Waals surface area contributed by atoms with Crippen LogP contribution in [-0.2, 0) is 25.5 Å². The van der Waals surface area contributed by atoms with E-state index in [1.54, 1.807) is 38.1 Å². The number of ether oxygens (including phenoxy) is 4. The number of benzene rings is 2. The fraction of sp³-hybridized carbons (Fsp3) is 0.280. The van der Waals surface area contributed by atoms with Crippen LogP contribution in [0.3, 0.4) is 0 Å². The zero-order valence-electron chi connectivity index (χ0n) is 19.2. The largest absolute Gasteiger partial charge is 0.487 e. The molecular weight excluding hydrogens is 538 g/mol. The first-order chi connectivity index (χ1) is 16.5. The summed E-state index contributed by atoms with van der Waals surface area (Å²) in [4.78, 5) is 22.8. The first kappa shape index (κ1) is 28.9. The first-order valence-corrected chi connectivity index (χ1v) is 11.9. The van der Waals surface area contributed by atoms with Crippen LogP contribution in [-0.4, -0.2) is 38.4 Å². The van der Waals surface area contributed by atoms with Gasteiger partial charge in [-0.2, -0.15) is 0 Å². The molecule has 0 aliphatic carbocycles. The van der Waals surface area contributed by atoms with Crippen molar-refractivity contribution < 1.29 is 28.5 Å². The van der Waals surface area contributed by atoms with E-state index in [2.05, 4.69) is 13.2 Å². The monoisotopic (exact) mass is 560 g/mol. The Balaban J connectivity index is 1.99. The van der Waals surface area contributed by atoms with Gasteiger partial charge in [0.2, 0.25) is 0 Å². The summed E-state index contributed by atoms with van der Waals surface area (Å²) in [5.41, 5.74) is 2.20. The Morgan fingerprint density at radius 3 is 1.26 bits per heavy atom. The summed E-state index contributed by atoms with van der Waals surface area (Å²) >= 11 is 25.4. The molecule has 0 saturated heterocycles. The van der Waals surface area contributed by atoms with E-state index in [9.17, 15) is 9.59 Å². The van der Waals surface area contributed by atoms with E-state index in [0.717, 1.165) is 11.1 Å². The van der Waals surface area contributed by atoms with Gasteiger partial charge < -0.3 is 18.9 Å². The average molecular weight is 562 g/mol. The van der Waals surface area contributed by atoms with Gasteiger partial charge in [-0.05, 0) is 55.7 Å². The van der Waals surface area contributed by atoms with E-state index in [4.69, 9.17) is 65.4 Å². The van der Waals surface area contributed by atoms with Crippen LogP contribution >= 0.6 is 46.4 Å². The minimum Gasteiger partial charge on any atom is -0.487 e. The number of hydrogen-bond acceptors (Lipinski definition) is 6. The SMILES string of the molecule is C=C(C)C(=O)OCCOc1c(Cl)cc(Cc2cc(Cl)c(OCCOC(=O)C(=C)C)c(Cl)c2)cc1Cl. The van der Waals surface area contributed by atoms with Crippen molar-refractivity contribution in [1.82, 2.24) is 0 Å². The van der Waals surface area contributed by atoms with Gasteiger partial charge >= 0.3 is 11.9 Å². The van der Waals surface area contributed by atoms with Gasteiger partial charge in [0.25, 0.3) is 0 Å². The van der Waals surface area contributed by atoms with Crippen molar-refractivity contribution >= 4 is 58.3 Å². The molecule has 6 nitrogen and oxygen atoms in total. The molecule has 0 fully saturated rings. The summed E-state index contributed by atoms with van der Waals surface area (Å²) in [6.45, 7) is 10.3. The Hall–Kier alpha value is -2.38. The molecule has 0 amide bonds. The van der Waals surface area contributed by atoms with E-state index in [0.29, 0.717) is 37.7 Å². The molecule has 2 rings (SSSR count). The third-order valence-electron chi connectivity index (χ3n) is 4.35. The van der Waals surface area contributed by atoms with Crippen LogP contribution in [0.4, 0.5) is 0 Å². The fourth-order valence-electron chi connectivity index (χ4n) is 2.74. The van der Waals surface area contributed by atoms with Crippen molar-refractivity contribution in [1.29, 1.82) is 0 Å². The van der Waals surface area contributed by atoms with Crippen molar-refractivity contribution in [3.63, 3.8) is 0 Å². The third-order valence-corrected chi connectivity index (χ3v) is 5.47. The second-order valence-electron chi connectivity index (χ2n) is 7.48. The standard InChI is InChI=1S/C25H24Cl4O6/c1-14(2)24(30)34-7-5-32-22-18(26)10-16(11-19(22)27)9-17-12-20(28)23(21(29)13-17)33-6-8-35-25(31)15(3)4/h10-13H,1,3,5-9H2,2,4H3. The van der Waals surface area contributed by atoms with E-state index in [-0.39, 0.29) is 37.9 Å². The normalized spacial score (nSPS) is 10.5. The lowest BCUT2D eigenvalue weighted by Crippen LogP contribution is -2.12. The minimum atomic E-state index is -0.499. The predicted molar refractivity (Wildman–Crippen MR) is 138 cm³/mol. The molecule has 10 heteroatoms. The van der Waals surface area contributed by atoms with Crippen molar-refractivity contribution in [2.24, 2.45) is 0 Å². The smallest absolute Gasteiger partial charge is 0.333 e. The van der Waals surface area contributed by atoms with Gasteiger partial charge in [0, 0.05) is 11.1 Å². The lowest BCUT2D eigenvalue weighted by atomic mass is 10.0. The number of hydrogen-bond donors (Lipinski definition) is 0. The fourth-order valence-corrected chi connectivity index (χ4v) is 4.03. The quantitative estimate of drug-likeness (QED) is 0.160. The maximum absolute atomic E-state index is 11.4. The van der Waals surface area contributed by atoms with Crippen LogP contribution in [0.5, 0.6) is 11.5 Å². The second-order valence-corrected chi connectivity index (χ2v) is 9.11. The highest BCUT2D eigenvalue weighted by Crippen LogP contribution is 2.37. The van der Waals surface area contributed by atoms with Gasteiger partial charge in [-0.1, -0.05) is 59.6 Å². The lowest BCUT2D eigenvalue weighted by Gasteiger charge is -2.14. The summed E-state index contributed by atoms with van der Waals surface area (Å²) in [6.07, 6.45) is 0.436. The maximum atomic E-state index is 11.4.